The largest absolute Gasteiger partial charge is 0.307 e. The van der Waals surface area contributed by atoms with Crippen molar-refractivity contribution in [2.75, 3.05) is 0 Å². The highest BCUT2D eigenvalue weighted by atomic mass is 14.9. The van der Waals surface area contributed by atoms with Crippen molar-refractivity contribution in [3.63, 3.8) is 0 Å². The second-order valence-electron chi connectivity index (χ2n) is 6.42. The fraction of sp³-hybridized carbons (Fsp3) is 0.647. The highest BCUT2D eigenvalue weighted by Crippen LogP contribution is 2.30. The van der Waals surface area contributed by atoms with Crippen molar-refractivity contribution >= 4 is 0 Å². The molecule has 1 nitrogen and oxygen atoms in total. The first-order valence-electron chi connectivity index (χ1n) is 7.37. The lowest BCUT2D eigenvalue weighted by Gasteiger charge is -2.34. The van der Waals surface area contributed by atoms with Crippen molar-refractivity contribution < 1.29 is 0 Å². The van der Waals surface area contributed by atoms with Crippen LogP contribution in [0.5, 0.6) is 0 Å². The third-order valence-corrected chi connectivity index (χ3v) is 4.21. The summed E-state index contributed by atoms with van der Waals surface area (Å²) in [5, 5.41) is 3.82. The van der Waals surface area contributed by atoms with Crippen LogP contribution in [0.15, 0.2) is 24.3 Å². The number of benzene rings is 1. The normalized spacial score (nSPS) is 30.1. The van der Waals surface area contributed by atoms with Gasteiger partial charge in [-0.1, -0.05) is 43.7 Å². The van der Waals surface area contributed by atoms with Crippen LogP contribution in [-0.4, -0.2) is 6.04 Å². The van der Waals surface area contributed by atoms with Crippen LogP contribution < -0.4 is 5.32 Å². The number of nitrogens with one attached hydrogen (secondary N) is 1. The zero-order chi connectivity index (χ0) is 13.1. The van der Waals surface area contributed by atoms with E-state index in [1.54, 1.807) is 0 Å². The first kappa shape index (κ1) is 13.6. The maximum Gasteiger partial charge on any atom is 0.0294 e. The molecule has 3 atom stereocenters. The van der Waals surface area contributed by atoms with Gasteiger partial charge in [-0.05, 0) is 50.5 Å². The molecule has 1 fully saturated rings. The molecule has 1 aromatic carbocycles. The maximum atomic E-state index is 3.82. The van der Waals surface area contributed by atoms with Crippen LogP contribution in [0.25, 0.3) is 0 Å². The van der Waals surface area contributed by atoms with Gasteiger partial charge < -0.3 is 5.32 Å². The van der Waals surface area contributed by atoms with E-state index >= 15 is 0 Å². The van der Waals surface area contributed by atoms with Crippen molar-refractivity contribution in [2.24, 2.45) is 11.8 Å². The van der Waals surface area contributed by atoms with Gasteiger partial charge in [-0.2, -0.15) is 0 Å². The highest BCUT2D eigenvalue weighted by molar-refractivity contribution is 5.24. The van der Waals surface area contributed by atoms with Gasteiger partial charge >= 0.3 is 0 Å². The summed E-state index contributed by atoms with van der Waals surface area (Å²) in [6, 6.07) is 10.0. The van der Waals surface area contributed by atoms with E-state index in [1.807, 2.05) is 0 Å². The minimum Gasteiger partial charge on any atom is -0.307 e. The summed E-state index contributed by atoms with van der Waals surface area (Å²) in [4.78, 5) is 0. The molecule has 0 radical (unpaired) electrons. The summed E-state index contributed by atoms with van der Waals surface area (Å²) >= 11 is 0. The first-order valence-corrected chi connectivity index (χ1v) is 7.37. The molecule has 0 saturated heterocycles. The predicted octanol–water partition coefficient (Wildman–Crippen LogP) is 4.47. The quantitative estimate of drug-likeness (QED) is 0.828. The van der Waals surface area contributed by atoms with Gasteiger partial charge in [-0.3, -0.25) is 0 Å². The van der Waals surface area contributed by atoms with Gasteiger partial charge in [0.05, 0.1) is 0 Å². The molecule has 1 N–H and O–H groups in total. The SMILES string of the molecule is Cc1cccc([C@H](C)NC2CC(C)CC(C)C2)c1. The molecule has 0 heterocycles. The van der Waals surface area contributed by atoms with E-state index in [0.717, 1.165) is 11.8 Å². The number of aryl methyl sites for hydroxylation is 1. The summed E-state index contributed by atoms with van der Waals surface area (Å²) in [5.41, 5.74) is 2.77. The van der Waals surface area contributed by atoms with E-state index in [4.69, 9.17) is 0 Å². The Morgan fingerprint density at radius 3 is 2.39 bits per heavy atom. The lowest BCUT2D eigenvalue weighted by atomic mass is 9.80. The molecular weight excluding hydrogens is 218 g/mol. The molecule has 0 aliphatic heterocycles. The summed E-state index contributed by atoms with van der Waals surface area (Å²) in [6.07, 6.45) is 4.07. The Kier molecular flexibility index (Phi) is 4.45. The Hall–Kier alpha value is -0.820. The molecule has 0 bridgehead atoms. The molecule has 0 spiro atoms. The fourth-order valence-corrected chi connectivity index (χ4v) is 3.47. The molecule has 2 rings (SSSR count). The van der Waals surface area contributed by atoms with Crippen molar-refractivity contribution in [3.8, 4) is 0 Å². The third-order valence-electron chi connectivity index (χ3n) is 4.21. The van der Waals surface area contributed by atoms with Crippen LogP contribution in [0, 0.1) is 18.8 Å². The van der Waals surface area contributed by atoms with Crippen LogP contribution in [0.2, 0.25) is 0 Å². The zero-order valence-electron chi connectivity index (χ0n) is 12.2. The van der Waals surface area contributed by atoms with Crippen LogP contribution in [-0.2, 0) is 0 Å². The van der Waals surface area contributed by atoms with E-state index in [1.165, 1.54) is 30.4 Å². The van der Waals surface area contributed by atoms with E-state index < -0.39 is 0 Å². The van der Waals surface area contributed by atoms with Gasteiger partial charge in [-0.15, -0.1) is 0 Å². The minimum atomic E-state index is 0.465. The smallest absolute Gasteiger partial charge is 0.0294 e. The monoisotopic (exact) mass is 245 g/mol. The van der Waals surface area contributed by atoms with Crippen molar-refractivity contribution in [1.82, 2.24) is 5.32 Å². The van der Waals surface area contributed by atoms with Gasteiger partial charge in [0.15, 0.2) is 0 Å². The molecule has 18 heavy (non-hydrogen) atoms. The second-order valence-corrected chi connectivity index (χ2v) is 6.42. The van der Waals surface area contributed by atoms with Crippen LogP contribution in [0.1, 0.15) is 57.2 Å². The molecule has 2 unspecified atom stereocenters. The van der Waals surface area contributed by atoms with E-state index in [9.17, 15) is 0 Å². The molecule has 1 aromatic rings. The molecule has 1 aliphatic carbocycles. The average molecular weight is 245 g/mol. The molecule has 100 valence electrons. The molecule has 1 heteroatoms. The topological polar surface area (TPSA) is 12.0 Å². The Morgan fingerprint density at radius 1 is 1.11 bits per heavy atom. The highest BCUT2D eigenvalue weighted by Gasteiger charge is 2.24. The fourth-order valence-electron chi connectivity index (χ4n) is 3.47. The van der Waals surface area contributed by atoms with E-state index in [2.05, 4.69) is 57.3 Å². The Bertz CT molecular complexity index is 375. The van der Waals surface area contributed by atoms with Gasteiger partial charge in [0, 0.05) is 12.1 Å². The van der Waals surface area contributed by atoms with Crippen molar-refractivity contribution in [2.45, 2.75) is 59.0 Å². The third kappa shape index (κ3) is 3.58. The Morgan fingerprint density at radius 2 is 1.78 bits per heavy atom. The van der Waals surface area contributed by atoms with Crippen LogP contribution in [0.4, 0.5) is 0 Å². The summed E-state index contributed by atoms with van der Waals surface area (Å²) in [6.45, 7) is 9.24. The van der Waals surface area contributed by atoms with Crippen LogP contribution >= 0.6 is 0 Å². The van der Waals surface area contributed by atoms with E-state index in [-0.39, 0.29) is 0 Å². The number of rotatable bonds is 3. The molecule has 0 amide bonds. The van der Waals surface area contributed by atoms with Crippen LogP contribution in [0.3, 0.4) is 0 Å². The average Bonchev–Trinajstić information content (AvgIpc) is 2.27. The summed E-state index contributed by atoms with van der Waals surface area (Å²) < 4.78 is 0. The zero-order valence-corrected chi connectivity index (χ0v) is 12.2. The van der Waals surface area contributed by atoms with Gasteiger partial charge in [0.2, 0.25) is 0 Å². The Balaban J connectivity index is 1.96. The lowest BCUT2D eigenvalue weighted by molar-refractivity contribution is 0.228. The molecule has 0 aromatic heterocycles. The number of hydrogen-bond donors (Lipinski definition) is 1. The Labute approximate surface area is 112 Å². The van der Waals surface area contributed by atoms with E-state index in [0.29, 0.717) is 12.1 Å². The number of hydrogen-bond acceptors (Lipinski definition) is 1. The van der Waals surface area contributed by atoms with Crippen molar-refractivity contribution in [1.29, 1.82) is 0 Å². The van der Waals surface area contributed by atoms with Gasteiger partial charge in [0.1, 0.15) is 0 Å². The molecule has 1 saturated carbocycles. The summed E-state index contributed by atoms with van der Waals surface area (Å²) in [5.74, 6) is 1.74. The lowest BCUT2D eigenvalue weighted by Crippen LogP contribution is -2.37. The minimum absolute atomic E-state index is 0.465. The van der Waals surface area contributed by atoms with Gasteiger partial charge in [0.25, 0.3) is 0 Å². The second kappa shape index (κ2) is 5.88. The van der Waals surface area contributed by atoms with Crippen molar-refractivity contribution in [3.05, 3.63) is 35.4 Å². The van der Waals surface area contributed by atoms with Gasteiger partial charge in [-0.25, -0.2) is 0 Å². The maximum absolute atomic E-state index is 3.82. The molecule has 1 aliphatic rings. The predicted molar refractivity (Wildman–Crippen MR) is 78.7 cm³/mol. The first-order chi connectivity index (χ1) is 8.54. The molecular formula is C17H27N. The standard InChI is InChI=1S/C17H27N/c1-12-6-5-7-16(9-12)15(4)18-17-10-13(2)8-14(3)11-17/h5-7,9,13-15,17-18H,8,10-11H2,1-4H3/t13?,14?,15-,17?/m0/s1. The summed E-state index contributed by atoms with van der Waals surface area (Å²) in [7, 11) is 0.